The molecule has 0 aromatic heterocycles. The Labute approximate surface area is 119 Å². The maximum absolute atomic E-state index is 12.8. The highest BCUT2D eigenvalue weighted by Gasteiger charge is 2.62. The number of nitrogens with zero attached hydrogens (tertiary/aromatic N) is 3. The van der Waals surface area contributed by atoms with E-state index in [1.807, 2.05) is 6.92 Å². The van der Waals surface area contributed by atoms with Crippen molar-refractivity contribution in [3.8, 4) is 0 Å². The first-order valence-electron chi connectivity index (χ1n) is 7.55. The third kappa shape index (κ3) is 1.78. The number of piperidine rings is 1. The molecule has 6 heteroatoms. The zero-order valence-electron chi connectivity index (χ0n) is 12.0. The predicted molar refractivity (Wildman–Crippen MR) is 75.1 cm³/mol. The first-order valence-corrected chi connectivity index (χ1v) is 7.55. The highest BCUT2D eigenvalue weighted by atomic mass is 16.5. The highest BCUT2D eigenvalue weighted by Crippen LogP contribution is 2.41. The molecule has 0 spiro atoms. The molecule has 1 saturated carbocycles. The van der Waals surface area contributed by atoms with Gasteiger partial charge in [-0.05, 0) is 25.7 Å². The lowest BCUT2D eigenvalue weighted by Crippen LogP contribution is -2.54. The van der Waals surface area contributed by atoms with Gasteiger partial charge in [0.2, 0.25) is 11.4 Å². The summed E-state index contributed by atoms with van der Waals surface area (Å²) in [5, 5.41) is 36.1. The second kappa shape index (κ2) is 4.70. The lowest BCUT2D eigenvalue weighted by molar-refractivity contribution is -0.571. The van der Waals surface area contributed by atoms with Crippen LogP contribution in [0.1, 0.15) is 51.9 Å². The molecule has 112 valence electrons. The van der Waals surface area contributed by atoms with Crippen molar-refractivity contribution in [1.29, 1.82) is 0 Å². The van der Waals surface area contributed by atoms with Crippen molar-refractivity contribution >= 4 is 11.4 Å². The van der Waals surface area contributed by atoms with Gasteiger partial charge in [-0.15, -0.1) is 0 Å². The lowest BCUT2D eigenvalue weighted by Gasteiger charge is -2.38. The fraction of sp³-hybridized carbons (Fsp3) is 0.857. The monoisotopic (exact) mass is 281 g/mol. The van der Waals surface area contributed by atoms with Gasteiger partial charge in [0, 0.05) is 26.4 Å². The van der Waals surface area contributed by atoms with E-state index in [2.05, 4.69) is 10.1 Å². The number of hydrogen-bond donors (Lipinski definition) is 2. The molecule has 3 aliphatic rings. The standard InChI is InChI=1S/C14H23N3O3/c1-13(16-8-3-2-4-9-16)10-14(18)11(15-19)6-5-7-12(14)17(13)20/h18-19H,2-10H2,1H3/b15-11+. The Kier molecular flexibility index (Phi) is 3.25. The average Bonchev–Trinajstić information content (AvgIpc) is 2.68. The molecular weight excluding hydrogens is 258 g/mol. The van der Waals surface area contributed by atoms with E-state index >= 15 is 0 Å². The van der Waals surface area contributed by atoms with E-state index in [0.29, 0.717) is 30.7 Å². The van der Waals surface area contributed by atoms with Gasteiger partial charge in [0.1, 0.15) is 0 Å². The van der Waals surface area contributed by atoms with E-state index in [9.17, 15) is 10.3 Å². The molecule has 2 N–H and O–H groups in total. The SMILES string of the molecule is CC1(N2CCCCC2)CC2(O)C(=[N+]1[O-])CCC/C2=N\O. The second-order valence-corrected chi connectivity index (χ2v) is 6.44. The fourth-order valence-corrected chi connectivity index (χ4v) is 4.07. The molecule has 0 radical (unpaired) electrons. The minimum absolute atomic E-state index is 0.304. The van der Waals surface area contributed by atoms with Crippen molar-refractivity contribution in [3.63, 3.8) is 0 Å². The maximum Gasteiger partial charge on any atom is 0.230 e. The number of hydrogen-bond acceptors (Lipinski definition) is 5. The van der Waals surface area contributed by atoms with Gasteiger partial charge in [0.05, 0.1) is 12.1 Å². The van der Waals surface area contributed by atoms with E-state index in [0.717, 1.165) is 37.1 Å². The Bertz CT molecular complexity index is 470. The average molecular weight is 281 g/mol. The van der Waals surface area contributed by atoms with Crippen molar-refractivity contribution in [2.24, 2.45) is 5.16 Å². The van der Waals surface area contributed by atoms with Gasteiger partial charge >= 0.3 is 0 Å². The van der Waals surface area contributed by atoms with Crippen LogP contribution in [0.25, 0.3) is 0 Å². The molecule has 2 atom stereocenters. The Morgan fingerprint density at radius 3 is 2.55 bits per heavy atom. The zero-order valence-corrected chi connectivity index (χ0v) is 12.0. The van der Waals surface area contributed by atoms with Crippen molar-refractivity contribution in [2.75, 3.05) is 13.1 Å². The molecule has 2 fully saturated rings. The van der Waals surface area contributed by atoms with Gasteiger partial charge in [-0.3, -0.25) is 0 Å². The molecule has 0 aromatic carbocycles. The lowest BCUT2D eigenvalue weighted by atomic mass is 9.78. The minimum atomic E-state index is -1.35. The fourth-order valence-electron chi connectivity index (χ4n) is 4.07. The Balaban J connectivity index is 1.98. The van der Waals surface area contributed by atoms with E-state index < -0.39 is 11.3 Å². The first-order chi connectivity index (χ1) is 9.52. The van der Waals surface area contributed by atoms with Crippen LogP contribution >= 0.6 is 0 Å². The Hall–Kier alpha value is -1.14. The molecule has 3 rings (SSSR count). The highest BCUT2D eigenvalue weighted by molar-refractivity contribution is 6.15. The molecule has 20 heavy (non-hydrogen) atoms. The molecule has 1 aliphatic carbocycles. The summed E-state index contributed by atoms with van der Waals surface area (Å²) in [6, 6.07) is 0. The molecule has 0 bridgehead atoms. The Morgan fingerprint density at radius 1 is 1.20 bits per heavy atom. The van der Waals surface area contributed by atoms with Crippen LogP contribution in [0.15, 0.2) is 5.16 Å². The summed E-state index contributed by atoms with van der Waals surface area (Å²) in [6.45, 7) is 3.69. The largest absolute Gasteiger partial charge is 0.622 e. The number of likely N-dealkylation sites (tertiary alicyclic amines) is 1. The van der Waals surface area contributed by atoms with Gasteiger partial charge in [-0.2, -0.15) is 4.74 Å². The van der Waals surface area contributed by atoms with E-state index in [4.69, 9.17) is 5.21 Å². The van der Waals surface area contributed by atoms with Crippen molar-refractivity contribution < 1.29 is 15.1 Å². The van der Waals surface area contributed by atoms with Crippen LogP contribution in [0.5, 0.6) is 0 Å². The molecule has 1 saturated heterocycles. The van der Waals surface area contributed by atoms with E-state index in [1.165, 1.54) is 6.42 Å². The smallest absolute Gasteiger partial charge is 0.230 e. The normalized spacial score (nSPS) is 41.2. The number of aliphatic hydroxyl groups is 1. The predicted octanol–water partition coefficient (Wildman–Crippen LogP) is 1.29. The van der Waals surface area contributed by atoms with Crippen molar-refractivity contribution in [3.05, 3.63) is 5.21 Å². The second-order valence-electron chi connectivity index (χ2n) is 6.44. The van der Waals surface area contributed by atoms with E-state index in [-0.39, 0.29) is 0 Å². The first kappa shape index (κ1) is 13.8. The summed E-state index contributed by atoms with van der Waals surface area (Å²) < 4.78 is 1.00. The van der Waals surface area contributed by atoms with Crippen LogP contribution in [0, 0.1) is 5.21 Å². The molecular formula is C14H23N3O3. The zero-order chi connectivity index (χ0) is 14.4. The summed E-state index contributed by atoms with van der Waals surface area (Å²) in [5.74, 6) is 0. The Morgan fingerprint density at radius 2 is 1.90 bits per heavy atom. The number of fused-ring (bicyclic) bond motifs is 1. The molecule has 0 amide bonds. The van der Waals surface area contributed by atoms with E-state index in [1.54, 1.807) is 0 Å². The van der Waals surface area contributed by atoms with Gasteiger partial charge < -0.3 is 15.5 Å². The van der Waals surface area contributed by atoms with Gasteiger partial charge in [-0.1, -0.05) is 11.6 Å². The molecule has 6 nitrogen and oxygen atoms in total. The maximum atomic E-state index is 12.8. The third-order valence-corrected chi connectivity index (χ3v) is 5.21. The summed E-state index contributed by atoms with van der Waals surface area (Å²) in [7, 11) is 0. The van der Waals surface area contributed by atoms with Gasteiger partial charge in [0.15, 0.2) is 5.60 Å². The van der Waals surface area contributed by atoms with Crippen LogP contribution in [0.4, 0.5) is 0 Å². The summed E-state index contributed by atoms with van der Waals surface area (Å²) in [5.41, 5.74) is -1.24. The number of oxime groups is 1. The minimum Gasteiger partial charge on any atom is -0.622 e. The number of rotatable bonds is 1. The van der Waals surface area contributed by atoms with Gasteiger partial charge in [0.25, 0.3) is 0 Å². The third-order valence-electron chi connectivity index (χ3n) is 5.21. The van der Waals surface area contributed by atoms with Crippen molar-refractivity contribution in [2.45, 2.75) is 63.1 Å². The quantitative estimate of drug-likeness (QED) is 0.328. The number of hydroxylamine groups is 1. The molecule has 2 aliphatic heterocycles. The van der Waals surface area contributed by atoms with Gasteiger partial charge in [-0.25, -0.2) is 4.90 Å². The molecule has 2 heterocycles. The topological polar surface area (TPSA) is 82.1 Å². The van der Waals surface area contributed by atoms with Crippen LogP contribution in [-0.2, 0) is 0 Å². The summed E-state index contributed by atoms with van der Waals surface area (Å²) in [6.07, 6.45) is 5.60. The summed E-state index contributed by atoms with van der Waals surface area (Å²) in [4.78, 5) is 2.18. The molecule has 2 unspecified atom stereocenters. The van der Waals surface area contributed by atoms with Crippen molar-refractivity contribution in [1.82, 2.24) is 4.90 Å². The molecule has 0 aromatic rings. The van der Waals surface area contributed by atoms with Crippen LogP contribution in [-0.4, -0.2) is 55.7 Å². The van der Waals surface area contributed by atoms with Crippen LogP contribution < -0.4 is 0 Å². The summed E-state index contributed by atoms with van der Waals surface area (Å²) >= 11 is 0. The van der Waals surface area contributed by atoms with Crippen LogP contribution in [0.3, 0.4) is 0 Å². The van der Waals surface area contributed by atoms with Crippen LogP contribution in [0.2, 0.25) is 0 Å².